The van der Waals surface area contributed by atoms with Crippen molar-refractivity contribution in [2.45, 2.75) is 12.5 Å². The second-order valence-electron chi connectivity index (χ2n) is 3.63. The number of hydrogen-bond acceptors (Lipinski definition) is 3. The molecule has 15 heavy (non-hydrogen) atoms. The van der Waals surface area contributed by atoms with Crippen LogP contribution in [0.2, 0.25) is 0 Å². The Morgan fingerprint density at radius 1 is 1.67 bits per heavy atom. The average Bonchev–Trinajstić information content (AvgIpc) is 2.77. The summed E-state index contributed by atoms with van der Waals surface area (Å²) in [6.07, 6.45) is 0.410. The van der Waals surface area contributed by atoms with Gasteiger partial charge in [-0.15, -0.1) is 11.3 Å². The number of amides is 2. The van der Waals surface area contributed by atoms with Crippen molar-refractivity contribution in [3.05, 3.63) is 22.4 Å². The summed E-state index contributed by atoms with van der Waals surface area (Å²) in [6, 6.07) is 3.57. The summed E-state index contributed by atoms with van der Waals surface area (Å²) in [7, 11) is 1.75. The zero-order chi connectivity index (χ0) is 10.8. The molecule has 0 spiro atoms. The molecule has 1 atom stereocenters. The van der Waals surface area contributed by atoms with E-state index in [0.717, 1.165) is 0 Å². The summed E-state index contributed by atoms with van der Waals surface area (Å²) in [4.78, 5) is 25.2. The van der Waals surface area contributed by atoms with E-state index in [9.17, 15) is 9.59 Å². The van der Waals surface area contributed by atoms with Crippen LogP contribution in [0.1, 0.15) is 16.1 Å². The van der Waals surface area contributed by atoms with E-state index in [1.54, 1.807) is 18.0 Å². The Balaban J connectivity index is 1.94. The molecule has 1 N–H and O–H groups in total. The van der Waals surface area contributed by atoms with E-state index in [4.69, 9.17) is 0 Å². The fourth-order valence-electron chi connectivity index (χ4n) is 1.62. The maximum Gasteiger partial charge on any atom is 0.261 e. The molecular formula is C10H12N2O2S. The summed E-state index contributed by atoms with van der Waals surface area (Å²) < 4.78 is 0. The molecule has 0 radical (unpaired) electrons. The van der Waals surface area contributed by atoms with Gasteiger partial charge in [0.15, 0.2) is 0 Å². The third-order valence-electron chi connectivity index (χ3n) is 2.42. The Kier molecular flexibility index (Phi) is 2.73. The van der Waals surface area contributed by atoms with Crippen molar-refractivity contribution in [1.82, 2.24) is 10.2 Å². The van der Waals surface area contributed by atoms with Crippen LogP contribution in [0.4, 0.5) is 0 Å². The van der Waals surface area contributed by atoms with Crippen LogP contribution in [0.5, 0.6) is 0 Å². The summed E-state index contributed by atoms with van der Waals surface area (Å²) in [5.41, 5.74) is 0. The first kappa shape index (κ1) is 10.2. The van der Waals surface area contributed by atoms with Crippen LogP contribution >= 0.6 is 11.3 Å². The van der Waals surface area contributed by atoms with Crippen LogP contribution in [0.25, 0.3) is 0 Å². The van der Waals surface area contributed by atoms with Gasteiger partial charge in [0.2, 0.25) is 5.91 Å². The first-order valence-electron chi connectivity index (χ1n) is 4.75. The highest BCUT2D eigenvalue weighted by Gasteiger charge is 2.28. The molecule has 0 bridgehead atoms. The minimum absolute atomic E-state index is 0.0444. The maximum atomic E-state index is 11.6. The van der Waals surface area contributed by atoms with Crippen molar-refractivity contribution in [2.24, 2.45) is 0 Å². The van der Waals surface area contributed by atoms with Gasteiger partial charge < -0.3 is 10.2 Å². The van der Waals surface area contributed by atoms with E-state index in [1.165, 1.54) is 11.3 Å². The van der Waals surface area contributed by atoms with Crippen molar-refractivity contribution in [2.75, 3.05) is 13.6 Å². The number of carbonyl (C=O) groups excluding carboxylic acids is 2. The Morgan fingerprint density at radius 2 is 2.47 bits per heavy atom. The zero-order valence-electron chi connectivity index (χ0n) is 8.40. The molecule has 0 aliphatic carbocycles. The molecule has 1 saturated heterocycles. The van der Waals surface area contributed by atoms with E-state index < -0.39 is 0 Å². The molecule has 1 fully saturated rings. The van der Waals surface area contributed by atoms with E-state index in [1.807, 2.05) is 11.4 Å². The minimum atomic E-state index is -0.0851. The van der Waals surface area contributed by atoms with Gasteiger partial charge in [-0.05, 0) is 11.4 Å². The average molecular weight is 224 g/mol. The molecule has 0 aromatic carbocycles. The van der Waals surface area contributed by atoms with Gasteiger partial charge in [-0.1, -0.05) is 6.07 Å². The van der Waals surface area contributed by atoms with Crippen molar-refractivity contribution in [3.63, 3.8) is 0 Å². The molecule has 1 aromatic heterocycles. The van der Waals surface area contributed by atoms with Crippen LogP contribution in [-0.4, -0.2) is 36.3 Å². The summed E-state index contributed by atoms with van der Waals surface area (Å²) >= 11 is 1.41. The van der Waals surface area contributed by atoms with Gasteiger partial charge in [0.25, 0.3) is 5.91 Å². The molecule has 1 aliphatic heterocycles. The molecule has 4 nitrogen and oxygen atoms in total. The number of thiophene rings is 1. The SMILES string of the molecule is CN1CC(NC(=O)c2cccs2)CC1=O. The zero-order valence-corrected chi connectivity index (χ0v) is 9.21. The van der Waals surface area contributed by atoms with Crippen molar-refractivity contribution in [1.29, 1.82) is 0 Å². The molecule has 1 unspecified atom stereocenters. The Bertz CT molecular complexity index is 375. The molecule has 80 valence electrons. The predicted octanol–water partition coefficient (Wildman–Crippen LogP) is 0.709. The second kappa shape index (κ2) is 4.02. The van der Waals surface area contributed by atoms with Crippen LogP contribution in [0.3, 0.4) is 0 Å². The normalized spacial score (nSPS) is 20.7. The van der Waals surface area contributed by atoms with Gasteiger partial charge in [-0.3, -0.25) is 9.59 Å². The number of carbonyl (C=O) groups is 2. The first-order valence-corrected chi connectivity index (χ1v) is 5.63. The minimum Gasteiger partial charge on any atom is -0.346 e. The number of rotatable bonds is 2. The summed E-state index contributed by atoms with van der Waals surface area (Å²) in [6.45, 7) is 0.607. The summed E-state index contributed by atoms with van der Waals surface area (Å²) in [5, 5.41) is 4.71. The third-order valence-corrected chi connectivity index (χ3v) is 3.29. The number of likely N-dealkylation sites (tertiary alicyclic amines) is 1. The van der Waals surface area contributed by atoms with E-state index in [0.29, 0.717) is 17.8 Å². The molecule has 2 rings (SSSR count). The number of nitrogens with zero attached hydrogens (tertiary/aromatic N) is 1. The first-order chi connectivity index (χ1) is 7.16. The van der Waals surface area contributed by atoms with Crippen molar-refractivity contribution < 1.29 is 9.59 Å². The molecule has 2 amide bonds. The van der Waals surface area contributed by atoms with Crippen LogP contribution < -0.4 is 5.32 Å². The lowest BCUT2D eigenvalue weighted by Gasteiger charge is -2.11. The highest BCUT2D eigenvalue weighted by molar-refractivity contribution is 7.12. The smallest absolute Gasteiger partial charge is 0.261 e. The van der Waals surface area contributed by atoms with Gasteiger partial charge in [0, 0.05) is 20.0 Å². The molecule has 5 heteroatoms. The van der Waals surface area contributed by atoms with Gasteiger partial charge in [-0.25, -0.2) is 0 Å². The van der Waals surface area contributed by atoms with E-state index in [-0.39, 0.29) is 17.9 Å². The van der Waals surface area contributed by atoms with Gasteiger partial charge in [-0.2, -0.15) is 0 Å². The standard InChI is InChI=1S/C10H12N2O2S/c1-12-6-7(5-9(12)13)11-10(14)8-3-2-4-15-8/h2-4,7H,5-6H2,1H3,(H,11,14). The molecule has 1 aromatic rings. The lowest BCUT2D eigenvalue weighted by atomic mass is 10.2. The fraction of sp³-hybridized carbons (Fsp3) is 0.400. The molecular weight excluding hydrogens is 212 g/mol. The third kappa shape index (κ3) is 2.18. The highest BCUT2D eigenvalue weighted by Crippen LogP contribution is 2.12. The second-order valence-corrected chi connectivity index (χ2v) is 4.57. The monoisotopic (exact) mass is 224 g/mol. The van der Waals surface area contributed by atoms with Gasteiger partial charge in [0.1, 0.15) is 0 Å². The van der Waals surface area contributed by atoms with Crippen molar-refractivity contribution >= 4 is 23.2 Å². The molecule has 1 aliphatic rings. The topological polar surface area (TPSA) is 49.4 Å². The van der Waals surface area contributed by atoms with Gasteiger partial charge >= 0.3 is 0 Å². The Morgan fingerprint density at radius 3 is 3.00 bits per heavy atom. The predicted molar refractivity (Wildman–Crippen MR) is 57.8 cm³/mol. The lowest BCUT2D eigenvalue weighted by Crippen LogP contribution is -2.36. The lowest BCUT2D eigenvalue weighted by molar-refractivity contribution is -0.126. The van der Waals surface area contributed by atoms with Crippen molar-refractivity contribution in [3.8, 4) is 0 Å². The number of likely N-dealkylation sites (N-methyl/N-ethyl adjacent to an activating group) is 1. The van der Waals surface area contributed by atoms with E-state index in [2.05, 4.69) is 5.32 Å². The molecule has 2 heterocycles. The number of hydrogen-bond donors (Lipinski definition) is 1. The van der Waals surface area contributed by atoms with Crippen LogP contribution in [0.15, 0.2) is 17.5 Å². The quantitative estimate of drug-likeness (QED) is 0.804. The largest absolute Gasteiger partial charge is 0.346 e. The maximum absolute atomic E-state index is 11.6. The highest BCUT2D eigenvalue weighted by atomic mass is 32.1. The van der Waals surface area contributed by atoms with Gasteiger partial charge in [0.05, 0.1) is 10.9 Å². The summed E-state index contributed by atoms with van der Waals surface area (Å²) in [5.74, 6) is 0.00424. The fourth-order valence-corrected chi connectivity index (χ4v) is 2.25. The van der Waals surface area contributed by atoms with Crippen LogP contribution in [0, 0.1) is 0 Å². The number of nitrogens with one attached hydrogen (secondary N) is 1. The van der Waals surface area contributed by atoms with E-state index >= 15 is 0 Å². The Hall–Kier alpha value is -1.36. The molecule has 0 saturated carbocycles. The Labute approximate surface area is 91.9 Å². The van der Waals surface area contributed by atoms with Crippen LogP contribution in [-0.2, 0) is 4.79 Å².